The third-order valence-electron chi connectivity index (χ3n) is 0. The second-order valence-electron chi connectivity index (χ2n) is 1.15. The first-order valence-corrected chi connectivity index (χ1v) is 2.83. The first-order valence-electron chi connectivity index (χ1n) is 2.83. The molecule has 0 aliphatic heterocycles. The second kappa shape index (κ2) is 56.3. The zero-order valence-electron chi connectivity index (χ0n) is 10.5. The van der Waals surface area contributed by atoms with Crippen LogP contribution in [-0.2, 0) is 51.2 Å². The van der Waals surface area contributed by atoms with Crippen molar-refractivity contribution in [1.82, 2.24) is 0 Å². The predicted molar refractivity (Wildman–Crippen MR) is 40.3 cm³/mol. The second-order valence-corrected chi connectivity index (χ2v) is 1.15. The molecule has 0 aliphatic carbocycles. The number of rotatable bonds is 0. The van der Waals surface area contributed by atoms with Crippen molar-refractivity contribution in [2.24, 2.45) is 0 Å². The van der Waals surface area contributed by atoms with Crippen molar-refractivity contribution >= 4 is 98.4 Å². The zero-order chi connectivity index (χ0) is 14.3. The van der Waals surface area contributed by atoms with Crippen LogP contribution in [0.5, 0.6) is 0 Å². The van der Waals surface area contributed by atoms with E-state index in [0.717, 1.165) is 0 Å². The fourth-order valence-corrected chi connectivity index (χ4v) is 0. The van der Waals surface area contributed by atoms with Crippen LogP contribution in [0.3, 0.4) is 0 Å². The number of hydrogen-bond acceptors (Lipinski definition) is 12. The Balaban J connectivity index is -0.00000001000. The van der Waals surface area contributed by atoms with Gasteiger partial charge in [-0.15, -0.1) is 0 Å². The summed E-state index contributed by atoms with van der Waals surface area (Å²) in [5, 5.41) is 101. The van der Waals surface area contributed by atoms with Gasteiger partial charge in [0, 0.05) is 0 Å². The number of hydrogen-bond donors (Lipinski definition) is 0. The Labute approximate surface area is 207 Å². The fraction of sp³-hybridized carbons (Fsp3) is 0. The molecule has 0 bridgehead atoms. The topological polar surface area (TPSA) is 277 Å². The van der Waals surface area contributed by atoms with Gasteiger partial charge in [-0.2, -0.15) is 0 Å². The molecule has 0 fully saturated rings. The van der Waals surface area contributed by atoms with E-state index >= 15 is 0 Å². The van der Waals surface area contributed by atoms with Crippen LogP contribution in [0.2, 0.25) is 0 Å². The predicted octanol–water partition coefficient (Wildman–Crippen LogP) is -16.9. The van der Waals surface area contributed by atoms with Crippen LogP contribution in [0.4, 0.5) is 0 Å². The van der Waals surface area contributed by atoms with Gasteiger partial charge in [0.05, 0.1) is 0 Å². The van der Waals surface area contributed by atoms with Crippen LogP contribution in [0, 0.1) is 0 Å². The maximum atomic E-state index is 8.42. The Hall–Kier alpha value is 3.64. The van der Waals surface area contributed by atoms with E-state index in [0.29, 0.717) is 0 Å². The van der Waals surface area contributed by atoms with Crippen molar-refractivity contribution in [3.63, 3.8) is 0 Å². The minimum absolute atomic E-state index is 0. The van der Waals surface area contributed by atoms with Crippen LogP contribution >= 0.6 is 0 Å². The van der Waals surface area contributed by atoms with Crippen LogP contribution in [0.15, 0.2) is 0 Å². The third-order valence-corrected chi connectivity index (χ3v) is 0. The average molecular weight is 473 g/mol. The van der Waals surface area contributed by atoms with E-state index in [4.69, 9.17) is 60.3 Å². The van der Waals surface area contributed by atoms with E-state index < -0.39 is 29.3 Å². The SMILES string of the molecule is [Mg+2].[Mg+2].[Mg+2].[Mn+2].[Mn+2].[Mn+2].[O-]B([O-])[O-].[O-]B([O-])[O-].[O-]B([O-])[O-].[O-]B([O-])[O-]. The molecule has 0 saturated heterocycles. The molecule has 22 heavy (non-hydrogen) atoms. The first kappa shape index (κ1) is 63.6. The average Bonchev–Trinajstić information content (AvgIpc) is 1.76. The molecule has 0 aliphatic rings. The fourth-order valence-electron chi connectivity index (χ4n) is 0. The molecule has 0 aromatic rings. The summed E-state index contributed by atoms with van der Waals surface area (Å²) in [5.41, 5.74) is 0. The van der Waals surface area contributed by atoms with Gasteiger partial charge < -0.3 is 60.3 Å². The van der Waals surface area contributed by atoms with Crippen LogP contribution in [0.25, 0.3) is 0 Å². The van der Waals surface area contributed by atoms with Gasteiger partial charge in [-0.3, -0.25) is 29.3 Å². The van der Waals surface area contributed by atoms with Gasteiger partial charge in [0.1, 0.15) is 0 Å². The molecule has 0 spiro atoms. The molecule has 0 N–H and O–H groups in total. The van der Waals surface area contributed by atoms with E-state index in [1.807, 2.05) is 0 Å². The van der Waals surface area contributed by atoms with Crippen molar-refractivity contribution in [2.45, 2.75) is 0 Å². The summed E-state index contributed by atoms with van der Waals surface area (Å²) >= 11 is 0. The quantitative estimate of drug-likeness (QED) is 0.297. The van der Waals surface area contributed by atoms with E-state index in [1.54, 1.807) is 0 Å². The van der Waals surface area contributed by atoms with Crippen LogP contribution in [0.1, 0.15) is 0 Å². The maximum Gasteiger partial charge on any atom is 2.00 e. The maximum absolute atomic E-state index is 8.42. The van der Waals surface area contributed by atoms with E-state index in [9.17, 15) is 0 Å². The Morgan fingerprint density at radius 2 is 0.273 bits per heavy atom. The molecule has 0 aromatic carbocycles. The Morgan fingerprint density at radius 3 is 0.273 bits per heavy atom. The summed E-state index contributed by atoms with van der Waals surface area (Å²) in [6.07, 6.45) is 0. The van der Waals surface area contributed by atoms with Gasteiger partial charge >= 0.3 is 120 Å². The minimum atomic E-state index is -2.92. The van der Waals surface area contributed by atoms with Crippen LogP contribution in [-0.4, -0.2) is 98.4 Å². The molecule has 111 valence electrons. The largest absolute Gasteiger partial charge is 2.00 e. The van der Waals surface area contributed by atoms with E-state index in [1.165, 1.54) is 0 Å². The summed E-state index contributed by atoms with van der Waals surface area (Å²) in [4.78, 5) is 0. The molecular weight excluding hydrogens is 473 g/mol. The summed E-state index contributed by atoms with van der Waals surface area (Å²) in [7, 11) is -11.7. The molecule has 0 amide bonds. The van der Waals surface area contributed by atoms with Crippen molar-refractivity contribution < 1.29 is 111 Å². The first-order chi connectivity index (χ1) is 6.93. The van der Waals surface area contributed by atoms with Gasteiger partial charge in [-0.25, -0.2) is 0 Å². The Bertz CT molecular complexity index is 80.6. The smallest absolute Gasteiger partial charge is 0.907 e. The van der Waals surface area contributed by atoms with Gasteiger partial charge in [0.15, 0.2) is 0 Å². The summed E-state index contributed by atoms with van der Waals surface area (Å²) in [5.74, 6) is 0. The summed E-state index contributed by atoms with van der Waals surface area (Å²) in [6, 6.07) is 0. The summed E-state index contributed by atoms with van der Waals surface area (Å²) in [6.45, 7) is 0. The molecule has 0 saturated carbocycles. The van der Waals surface area contributed by atoms with Crippen molar-refractivity contribution in [3.05, 3.63) is 0 Å². The van der Waals surface area contributed by atoms with Gasteiger partial charge in [0.25, 0.3) is 0 Å². The van der Waals surface area contributed by atoms with Crippen LogP contribution < -0.4 is 60.3 Å². The van der Waals surface area contributed by atoms with Gasteiger partial charge in [-0.1, -0.05) is 0 Å². The third kappa shape index (κ3) is 916. The monoisotopic (exact) mass is 473 g/mol. The molecule has 22 heteroatoms. The van der Waals surface area contributed by atoms with Crippen molar-refractivity contribution in [1.29, 1.82) is 0 Å². The Kier molecular flexibility index (Phi) is 163. The van der Waals surface area contributed by atoms with E-state index in [-0.39, 0.29) is 120 Å². The normalized spacial score (nSPS) is 4.91. The zero-order valence-corrected chi connectivity index (χ0v) is 18.2. The molecule has 0 heterocycles. The summed E-state index contributed by atoms with van der Waals surface area (Å²) < 4.78 is 0. The molecule has 0 aromatic heterocycles. The molecule has 0 unspecified atom stereocenters. The minimum Gasteiger partial charge on any atom is -0.907 e. The molecule has 0 atom stereocenters. The van der Waals surface area contributed by atoms with Crippen molar-refractivity contribution in [3.8, 4) is 0 Å². The van der Waals surface area contributed by atoms with Gasteiger partial charge in [0.2, 0.25) is 0 Å². The van der Waals surface area contributed by atoms with Gasteiger partial charge in [-0.05, 0) is 0 Å². The van der Waals surface area contributed by atoms with E-state index in [2.05, 4.69) is 0 Å². The molecule has 12 nitrogen and oxygen atoms in total. The standard InChI is InChI=1S/4BO3.3Mg.3Mn/c4*2-1(3)4;;;;;;/q4*-3;6*+2. The molecule has 3 radical (unpaired) electrons. The molecule has 0 rings (SSSR count). The van der Waals surface area contributed by atoms with Crippen molar-refractivity contribution in [2.75, 3.05) is 0 Å². The Morgan fingerprint density at radius 1 is 0.273 bits per heavy atom. The molecular formula is B4Mg3Mn3O12.